The lowest BCUT2D eigenvalue weighted by molar-refractivity contribution is -0.126. The number of amides is 1. The minimum absolute atomic E-state index is 0.119. The summed E-state index contributed by atoms with van der Waals surface area (Å²) in [5.41, 5.74) is 7.22. The third-order valence-electron chi connectivity index (χ3n) is 7.71. The summed E-state index contributed by atoms with van der Waals surface area (Å²) in [6.07, 6.45) is 7.58. The minimum Gasteiger partial charge on any atom is -0.353 e. The van der Waals surface area contributed by atoms with Crippen LogP contribution in [0.15, 0.2) is 36.4 Å². The number of benzene rings is 2. The maximum Gasteiger partial charge on any atom is 0.223 e. The molecule has 0 bridgehead atoms. The van der Waals surface area contributed by atoms with Crippen molar-refractivity contribution in [2.24, 2.45) is 5.92 Å². The van der Waals surface area contributed by atoms with E-state index in [1.165, 1.54) is 29.5 Å². The van der Waals surface area contributed by atoms with Gasteiger partial charge in [-0.1, -0.05) is 31.9 Å². The van der Waals surface area contributed by atoms with Crippen LogP contribution in [0.5, 0.6) is 0 Å². The van der Waals surface area contributed by atoms with Crippen molar-refractivity contribution in [1.29, 1.82) is 0 Å². The molecule has 2 aliphatic rings. The van der Waals surface area contributed by atoms with Crippen LogP contribution in [0.3, 0.4) is 0 Å². The Kier molecular flexibility index (Phi) is 6.13. The van der Waals surface area contributed by atoms with Crippen molar-refractivity contribution >= 4 is 22.9 Å². The summed E-state index contributed by atoms with van der Waals surface area (Å²) in [4.78, 5) is 20.3. The molecule has 1 N–H and O–H groups in total. The summed E-state index contributed by atoms with van der Waals surface area (Å²) in [6, 6.07) is 13.7. The topological polar surface area (TPSA) is 50.2 Å². The zero-order chi connectivity index (χ0) is 22.9. The average molecular weight is 445 g/mol. The van der Waals surface area contributed by atoms with Gasteiger partial charge in [-0.15, -0.1) is 0 Å². The molecule has 5 rings (SSSR count). The number of nitrogens with zero attached hydrogens (tertiary/aromatic N) is 3. The normalized spacial score (nSPS) is 17.7. The van der Waals surface area contributed by atoms with Gasteiger partial charge in [-0.2, -0.15) is 0 Å². The minimum atomic E-state index is 0.119. The third kappa shape index (κ3) is 4.38. The molecule has 1 aromatic heterocycles. The molecular formula is C28H36N4O. The van der Waals surface area contributed by atoms with Crippen LogP contribution in [0.4, 0.5) is 5.95 Å². The molecule has 1 amide bonds. The van der Waals surface area contributed by atoms with Crippen molar-refractivity contribution in [3.63, 3.8) is 0 Å². The van der Waals surface area contributed by atoms with Gasteiger partial charge in [0.05, 0.1) is 11.0 Å². The van der Waals surface area contributed by atoms with E-state index in [4.69, 9.17) is 4.98 Å². The number of aromatic nitrogens is 2. The van der Waals surface area contributed by atoms with Crippen molar-refractivity contribution in [2.45, 2.75) is 71.8 Å². The lowest BCUT2D eigenvalue weighted by atomic mass is 9.95. The first-order valence-electron chi connectivity index (χ1n) is 12.7. The zero-order valence-corrected chi connectivity index (χ0v) is 20.2. The zero-order valence-electron chi connectivity index (χ0n) is 20.2. The van der Waals surface area contributed by atoms with Crippen LogP contribution in [0.25, 0.3) is 16.7 Å². The summed E-state index contributed by atoms with van der Waals surface area (Å²) >= 11 is 0. The van der Waals surface area contributed by atoms with Crippen LogP contribution < -0.4 is 10.2 Å². The van der Waals surface area contributed by atoms with Crippen LogP contribution in [0, 0.1) is 19.8 Å². The van der Waals surface area contributed by atoms with Gasteiger partial charge in [0, 0.05) is 30.7 Å². The highest BCUT2D eigenvalue weighted by Gasteiger charge is 2.29. The summed E-state index contributed by atoms with van der Waals surface area (Å²) in [6.45, 7) is 8.22. The first-order valence-corrected chi connectivity index (χ1v) is 12.7. The SMILES string of the molecule is CCc1ccc(-n2c(N3CCC(C(=O)NC4CCCC4)CC3)nc3cc(C)c(C)cc32)cc1. The van der Waals surface area contributed by atoms with Gasteiger partial charge in [-0.3, -0.25) is 9.36 Å². The third-order valence-corrected chi connectivity index (χ3v) is 7.71. The second-order valence-corrected chi connectivity index (χ2v) is 9.94. The fourth-order valence-corrected chi connectivity index (χ4v) is 5.40. The fourth-order valence-electron chi connectivity index (χ4n) is 5.40. The Bertz CT molecular complexity index is 1130. The van der Waals surface area contributed by atoms with Crippen molar-refractivity contribution < 1.29 is 4.79 Å². The lowest BCUT2D eigenvalue weighted by Gasteiger charge is -2.33. The van der Waals surface area contributed by atoms with E-state index in [-0.39, 0.29) is 11.8 Å². The molecule has 1 aliphatic heterocycles. The number of hydrogen-bond acceptors (Lipinski definition) is 3. The molecule has 5 heteroatoms. The van der Waals surface area contributed by atoms with Crippen LogP contribution in [-0.2, 0) is 11.2 Å². The standard InChI is InChI=1S/C28H36N4O/c1-4-21-9-11-24(12-10-21)32-26-18-20(3)19(2)17-25(26)30-28(32)31-15-13-22(14-16-31)27(33)29-23-7-5-6-8-23/h9-12,17-18,22-23H,4-8,13-16H2,1-3H3,(H,29,33). The van der Waals surface area contributed by atoms with E-state index in [1.807, 2.05) is 0 Å². The summed E-state index contributed by atoms with van der Waals surface area (Å²) in [5, 5.41) is 3.31. The smallest absolute Gasteiger partial charge is 0.223 e. The van der Waals surface area contributed by atoms with Gasteiger partial charge in [0.2, 0.25) is 11.9 Å². The first kappa shape index (κ1) is 22.0. The Morgan fingerprint density at radius 2 is 1.67 bits per heavy atom. The molecule has 5 nitrogen and oxygen atoms in total. The number of anilines is 1. The highest BCUT2D eigenvalue weighted by molar-refractivity contribution is 5.83. The number of hydrogen-bond donors (Lipinski definition) is 1. The second kappa shape index (κ2) is 9.20. The number of carbonyl (C=O) groups is 1. The maximum atomic E-state index is 12.8. The average Bonchev–Trinajstić information content (AvgIpc) is 3.47. The fraction of sp³-hybridized carbons (Fsp3) is 0.500. The number of piperidine rings is 1. The number of imidazole rings is 1. The van der Waals surface area contributed by atoms with E-state index in [0.717, 1.165) is 67.9 Å². The molecule has 2 heterocycles. The molecule has 2 aromatic carbocycles. The van der Waals surface area contributed by atoms with E-state index in [2.05, 4.69) is 72.0 Å². The van der Waals surface area contributed by atoms with Gasteiger partial charge >= 0.3 is 0 Å². The van der Waals surface area contributed by atoms with Crippen molar-refractivity contribution in [3.8, 4) is 5.69 Å². The van der Waals surface area contributed by atoms with Gasteiger partial charge in [-0.25, -0.2) is 4.98 Å². The predicted molar refractivity (Wildman–Crippen MR) is 135 cm³/mol. The van der Waals surface area contributed by atoms with E-state index in [1.54, 1.807) is 0 Å². The summed E-state index contributed by atoms with van der Waals surface area (Å²) in [5.74, 6) is 1.37. The van der Waals surface area contributed by atoms with Crippen molar-refractivity contribution in [3.05, 3.63) is 53.1 Å². The number of fused-ring (bicyclic) bond motifs is 1. The Balaban J connectivity index is 1.42. The lowest BCUT2D eigenvalue weighted by Crippen LogP contribution is -2.43. The van der Waals surface area contributed by atoms with Gasteiger partial charge in [-0.05, 0) is 86.9 Å². The number of rotatable bonds is 5. The van der Waals surface area contributed by atoms with Crippen LogP contribution >= 0.6 is 0 Å². The van der Waals surface area contributed by atoms with Gasteiger partial charge in [0.1, 0.15) is 0 Å². The van der Waals surface area contributed by atoms with Crippen LogP contribution in [0.2, 0.25) is 0 Å². The number of carbonyl (C=O) groups excluding carboxylic acids is 1. The summed E-state index contributed by atoms with van der Waals surface area (Å²) < 4.78 is 2.31. The number of aryl methyl sites for hydroxylation is 3. The molecule has 2 fully saturated rings. The monoisotopic (exact) mass is 444 g/mol. The first-order chi connectivity index (χ1) is 16.0. The molecular weight excluding hydrogens is 408 g/mol. The largest absolute Gasteiger partial charge is 0.353 e. The van der Waals surface area contributed by atoms with Crippen LogP contribution in [0.1, 0.15) is 62.1 Å². The maximum absolute atomic E-state index is 12.8. The van der Waals surface area contributed by atoms with Gasteiger partial charge < -0.3 is 10.2 Å². The predicted octanol–water partition coefficient (Wildman–Crippen LogP) is 5.48. The highest BCUT2D eigenvalue weighted by Crippen LogP contribution is 2.32. The van der Waals surface area contributed by atoms with E-state index < -0.39 is 0 Å². The molecule has 0 radical (unpaired) electrons. The molecule has 174 valence electrons. The molecule has 3 aromatic rings. The highest BCUT2D eigenvalue weighted by atomic mass is 16.1. The Morgan fingerprint density at radius 1 is 1.00 bits per heavy atom. The van der Waals surface area contributed by atoms with E-state index in [9.17, 15) is 4.79 Å². The van der Waals surface area contributed by atoms with E-state index >= 15 is 0 Å². The molecule has 0 atom stereocenters. The molecule has 1 aliphatic carbocycles. The van der Waals surface area contributed by atoms with Crippen molar-refractivity contribution in [1.82, 2.24) is 14.9 Å². The molecule has 1 saturated carbocycles. The van der Waals surface area contributed by atoms with Gasteiger partial charge in [0.25, 0.3) is 0 Å². The quantitative estimate of drug-likeness (QED) is 0.567. The molecule has 1 saturated heterocycles. The molecule has 33 heavy (non-hydrogen) atoms. The van der Waals surface area contributed by atoms with Crippen LogP contribution in [-0.4, -0.2) is 34.6 Å². The Hall–Kier alpha value is -2.82. The van der Waals surface area contributed by atoms with Crippen molar-refractivity contribution in [2.75, 3.05) is 18.0 Å². The Labute approximate surface area is 197 Å². The second-order valence-electron chi connectivity index (χ2n) is 9.94. The Morgan fingerprint density at radius 3 is 2.33 bits per heavy atom. The molecule has 0 unspecified atom stereocenters. The van der Waals surface area contributed by atoms with Gasteiger partial charge in [0.15, 0.2) is 0 Å². The number of nitrogens with one attached hydrogen (secondary N) is 1. The summed E-state index contributed by atoms with van der Waals surface area (Å²) in [7, 11) is 0. The molecule has 0 spiro atoms. The van der Waals surface area contributed by atoms with E-state index in [0.29, 0.717) is 6.04 Å².